The molecule has 0 radical (unpaired) electrons. The van der Waals surface area contributed by atoms with E-state index in [4.69, 9.17) is 4.98 Å². The smallest absolute Gasteiger partial charge is 0.148 e. The third kappa shape index (κ3) is 2.84. The minimum absolute atomic E-state index is 0.504. The molecule has 1 aliphatic heterocycles. The van der Waals surface area contributed by atoms with Gasteiger partial charge in [0.1, 0.15) is 5.82 Å². The van der Waals surface area contributed by atoms with E-state index in [2.05, 4.69) is 15.6 Å². The van der Waals surface area contributed by atoms with Crippen molar-refractivity contribution < 1.29 is 0 Å². The lowest BCUT2D eigenvalue weighted by Crippen LogP contribution is -2.22. The van der Waals surface area contributed by atoms with Gasteiger partial charge in [-0.05, 0) is 51.4 Å². The van der Waals surface area contributed by atoms with Crippen LogP contribution < -0.4 is 10.6 Å². The van der Waals surface area contributed by atoms with E-state index in [1.54, 1.807) is 0 Å². The van der Waals surface area contributed by atoms with Crippen molar-refractivity contribution >= 4 is 16.9 Å². The van der Waals surface area contributed by atoms with E-state index in [1.807, 2.05) is 31.2 Å². The maximum Gasteiger partial charge on any atom is 0.148 e. The molecule has 1 aromatic heterocycles. The number of benzene rings is 1. The van der Waals surface area contributed by atoms with Gasteiger partial charge in [0.25, 0.3) is 0 Å². The van der Waals surface area contributed by atoms with Crippen molar-refractivity contribution in [1.29, 1.82) is 0 Å². The van der Waals surface area contributed by atoms with Crippen LogP contribution in [0.1, 0.15) is 25.0 Å². The first kappa shape index (κ1) is 12.4. The molecule has 2 N–H and O–H groups in total. The first-order valence-corrected chi connectivity index (χ1v) is 7.03. The molecule has 2 heterocycles. The number of aromatic nitrogens is 2. The van der Waals surface area contributed by atoms with Gasteiger partial charge in [-0.2, -0.15) is 0 Å². The Morgan fingerprint density at radius 1 is 1.11 bits per heavy atom. The Morgan fingerprint density at radius 2 is 1.89 bits per heavy atom. The van der Waals surface area contributed by atoms with Crippen LogP contribution >= 0.6 is 0 Å². The van der Waals surface area contributed by atoms with Crippen LogP contribution in [0.25, 0.3) is 11.0 Å². The van der Waals surface area contributed by atoms with Crippen molar-refractivity contribution in [3.63, 3.8) is 0 Å². The topological polar surface area (TPSA) is 49.8 Å². The van der Waals surface area contributed by atoms with Gasteiger partial charge in [-0.25, -0.2) is 9.97 Å². The summed E-state index contributed by atoms with van der Waals surface area (Å²) in [6.45, 7) is 4.23. The number of nitrogens with one attached hydrogen (secondary N) is 2. The largest absolute Gasteiger partial charge is 0.366 e. The second kappa shape index (κ2) is 5.53. The monoisotopic (exact) mass is 256 g/mol. The Kier molecular flexibility index (Phi) is 3.60. The highest BCUT2D eigenvalue weighted by atomic mass is 15.1. The highest BCUT2D eigenvalue weighted by molar-refractivity contribution is 5.76. The number of para-hydroxylation sites is 2. The molecule has 0 aliphatic carbocycles. The van der Waals surface area contributed by atoms with Crippen molar-refractivity contribution in [2.24, 2.45) is 0 Å². The Balaban J connectivity index is 1.85. The summed E-state index contributed by atoms with van der Waals surface area (Å²) >= 11 is 0. The molecule has 19 heavy (non-hydrogen) atoms. The summed E-state index contributed by atoms with van der Waals surface area (Å²) in [5.74, 6) is 0.936. The Hall–Kier alpha value is -1.68. The van der Waals surface area contributed by atoms with Gasteiger partial charge in [-0.1, -0.05) is 12.1 Å². The molecular weight excluding hydrogens is 236 g/mol. The van der Waals surface area contributed by atoms with Crippen molar-refractivity contribution in [2.45, 2.75) is 32.2 Å². The van der Waals surface area contributed by atoms with E-state index in [0.29, 0.717) is 6.04 Å². The fourth-order valence-corrected chi connectivity index (χ4v) is 2.58. The zero-order chi connectivity index (χ0) is 13.1. The van der Waals surface area contributed by atoms with Gasteiger partial charge in [0.05, 0.1) is 16.7 Å². The van der Waals surface area contributed by atoms with E-state index < -0.39 is 0 Å². The van der Waals surface area contributed by atoms with Crippen molar-refractivity contribution in [1.82, 2.24) is 15.3 Å². The van der Waals surface area contributed by atoms with Crippen LogP contribution in [-0.2, 0) is 0 Å². The van der Waals surface area contributed by atoms with Crippen molar-refractivity contribution in [3.8, 4) is 0 Å². The fraction of sp³-hybridized carbons (Fsp3) is 0.467. The first-order valence-electron chi connectivity index (χ1n) is 7.03. The number of aryl methyl sites for hydroxylation is 1. The predicted octanol–water partition coefficient (Wildman–Crippen LogP) is 2.49. The van der Waals surface area contributed by atoms with Crippen molar-refractivity contribution in [3.05, 3.63) is 30.0 Å². The van der Waals surface area contributed by atoms with Gasteiger partial charge in [0.15, 0.2) is 0 Å². The SMILES string of the molecule is Cc1nc2ccccc2nc1NC1CCCNCC1. The zero-order valence-corrected chi connectivity index (χ0v) is 11.3. The van der Waals surface area contributed by atoms with Gasteiger partial charge < -0.3 is 10.6 Å². The molecule has 1 atom stereocenters. The van der Waals surface area contributed by atoms with Gasteiger partial charge in [-0.15, -0.1) is 0 Å². The fourth-order valence-electron chi connectivity index (χ4n) is 2.58. The molecule has 0 amide bonds. The van der Waals surface area contributed by atoms with E-state index >= 15 is 0 Å². The second-order valence-corrected chi connectivity index (χ2v) is 5.17. The Morgan fingerprint density at radius 3 is 2.74 bits per heavy atom. The van der Waals surface area contributed by atoms with Gasteiger partial charge in [-0.3, -0.25) is 0 Å². The standard InChI is InChI=1S/C15H20N4/c1-11-15(18-12-5-4-9-16-10-8-12)19-14-7-3-2-6-13(14)17-11/h2-3,6-7,12,16H,4-5,8-10H2,1H3,(H,18,19). The van der Waals surface area contributed by atoms with E-state index in [1.165, 1.54) is 12.8 Å². The summed E-state index contributed by atoms with van der Waals surface area (Å²) < 4.78 is 0. The summed E-state index contributed by atoms with van der Waals surface area (Å²) in [5.41, 5.74) is 2.91. The molecule has 1 unspecified atom stereocenters. The molecule has 3 rings (SSSR count). The molecule has 1 saturated heterocycles. The quantitative estimate of drug-likeness (QED) is 0.866. The number of rotatable bonds is 2. The van der Waals surface area contributed by atoms with Gasteiger partial charge in [0.2, 0.25) is 0 Å². The molecule has 4 heteroatoms. The molecule has 1 fully saturated rings. The normalized spacial score (nSPS) is 20.2. The molecule has 100 valence electrons. The maximum absolute atomic E-state index is 4.71. The average molecular weight is 256 g/mol. The third-order valence-electron chi connectivity index (χ3n) is 3.66. The van der Waals surface area contributed by atoms with Crippen molar-refractivity contribution in [2.75, 3.05) is 18.4 Å². The summed E-state index contributed by atoms with van der Waals surface area (Å²) in [5, 5.41) is 7.00. The van der Waals surface area contributed by atoms with Gasteiger partial charge >= 0.3 is 0 Å². The summed E-state index contributed by atoms with van der Waals surface area (Å²) in [6, 6.07) is 8.53. The third-order valence-corrected chi connectivity index (χ3v) is 3.66. The van der Waals surface area contributed by atoms with Crippen LogP contribution in [0.4, 0.5) is 5.82 Å². The number of fused-ring (bicyclic) bond motifs is 1. The van der Waals surface area contributed by atoms with E-state index in [0.717, 1.165) is 42.1 Å². The molecule has 0 bridgehead atoms. The van der Waals surface area contributed by atoms with Crippen LogP contribution in [0.5, 0.6) is 0 Å². The highest BCUT2D eigenvalue weighted by Crippen LogP contribution is 2.19. The van der Waals surface area contributed by atoms with Crippen LogP contribution in [0.2, 0.25) is 0 Å². The minimum atomic E-state index is 0.504. The number of hydrogen-bond donors (Lipinski definition) is 2. The summed E-state index contributed by atoms with van der Waals surface area (Å²) in [7, 11) is 0. The average Bonchev–Trinajstić information content (AvgIpc) is 2.68. The predicted molar refractivity (Wildman–Crippen MR) is 78.4 cm³/mol. The molecule has 1 aromatic carbocycles. The molecular formula is C15H20N4. The Labute approximate surface area is 113 Å². The Bertz CT molecular complexity index is 559. The van der Waals surface area contributed by atoms with E-state index in [-0.39, 0.29) is 0 Å². The summed E-state index contributed by atoms with van der Waals surface area (Å²) in [6.07, 6.45) is 3.56. The molecule has 0 saturated carbocycles. The van der Waals surface area contributed by atoms with Crippen LogP contribution in [0.3, 0.4) is 0 Å². The first-order chi connectivity index (χ1) is 9.33. The number of nitrogens with zero attached hydrogens (tertiary/aromatic N) is 2. The van der Waals surface area contributed by atoms with E-state index in [9.17, 15) is 0 Å². The molecule has 4 nitrogen and oxygen atoms in total. The van der Waals surface area contributed by atoms with Crippen LogP contribution in [0.15, 0.2) is 24.3 Å². The molecule has 0 spiro atoms. The zero-order valence-electron chi connectivity index (χ0n) is 11.3. The minimum Gasteiger partial charge on any atom is -0.366 e. The lowest BCUT2D eigenvalue weighted by atomic mass is 10.1. The van der Waals surface area contributed by atoms with Crippen LogP contribution in [-0.4, -0.2) is 29.1 Å². The maximum atomic E-state index is 4.71. The number of hydrogen-bond acceptors (Lipinski definition) is 4. The summed E-state index contributed by atoms with van der Waals surface area (Å²) in [4.78, 5) is 9.33. The number of anilines is 1. The lowest BCUT2D eigenvalue weighted by Gasteiger charge is -2.18. The second-order valence-electron chi connectivity index (χ2n) is 5.17. The van der Waals surface area contributed by atoms with Crippen LogP contribution in [0, 0.1) is 6.92 Å². The van der Waals surface area contributed by atoms with Gasteiger partial charge in [0, 0.05) is 6.04 Å². The molecule has 1 aliphatic rings. The molecule has 2 aromatic rings. The highest BCUT2D eigenvalue weighted by Gasteiger charge is 2.14. The lowest BCUT2D eigenvalue weighted by molar-refractivity contribution is 0.634.